The highest BCUT2D eigenvalue weighted by atomic mass is 32.2. The maximum absolute atomic E-state index is 13.5. The summed E-state index contributed by atoms with van der Waals surface area (Å²) in [6.07, 6.45) is 0. The van der Waals surface area contributed by atoms with E-state index in [9.17, 15) is 22.4 Å². The molecule has 1 saturated heterocycles. The molecule has 0 spiro atoms. The lowest BCUT2D eigenvalue weighted by molar-refractivity contribution is -0.167. The van der Waals surface area contributed by atoms with Crippen molar-refractivity contribution in [2.75, 3.05) is 50.0 Å². The minimum Gasteiger partial charge on any atom is -0.497 e. The summed E-state index contributed by atoms with van der Waals surface area (Å²) in [5.74, 6) is -1.10. The molecule has 0 aliphatic carbocycles. The standard InChI is InChI=1S/C51H53FN4O6S/c1-36(2)56(46-25-23-45(52)24-26-46)32-39-13-19-41(20-14-39)40-15-9-37(10-16-40)30-53(3)35-50(57)62-51(58)44-33-55(34-44)31-38-11-17-42(18-12-38)43-21-27-49(28-22-43)63(59,60)54(4)47-7-6-8-48(29-47)61-5/h6-29,36,44H,30-35H2,1-5H3. The number of nitrogens with zero attached hydrogens (tertiary/aromatic N) is 4. The van der Waals surface area contributed by atoms with Crippen molar-refractivity contribution in [1.29, 1.82) is 0 Å². The molecule has 1 aliphatic rings. The third-order valence-corrected chi connectivity index (χ3v) is 13.2. The Morgan fingerprint density at radius 2 is 1.22 bits per heavy atom. The number of halogens is 1. The Hall–Kier alpha value is -6.34. The van der Waals surface area contributed by atoms with E-state index in [0.717, 1.165) is 44.6 Å². The van der Waals surface area contributed by atoms with E-state index < -0.39 is 22.0 Å². The fourth-order valence-electron chi connectivity index (χ4n) is 7.65. The summed E-state index contributed by atoms with van der Waals surface area (Å²) in [7, 11) is 1.11. The van der Waals surface area contributed by atoms with E-state index in [0.29, 0.717) is 44.2 Å². The highest BCUT2D eigenvalue weighted by Crippen LogP contribution is 2.29. The first-order valence-corrected chi connectivity index (χ1v) is 22.4. The van der Waals surface area contributed by atoms with Gasteiger partial charge < -0.3 is 14.4 Å². The van der Waals surface area contributed by atoms with Crippen LogP contribution in [-0.4, -0.2) is 77.0 Å². The van der Waals surface area contributed by atoms with Gasteiger partial charge in [0.25, 0.3) is 10.0 Å². The zero-order valence-corrected chi connectivity index (χ0v) is 37.1. The smallest absolute Gasteiger partial charge is 0.327 e. The molecule has 326 valence electrons. The number of methoxy groups -OCH3 is 1. The molecule has 0 N–H and O–H groups in total. The van der Waals surface area contributed by atoms with Crippen LogP contribution in [0.1, 0.15) is 30.5 Å². The zero-order valence-electron chi connectivity index (χ0n) is 36.3. The molecule has 6 aromatic rings. The summed E-state index contributed by atoms with van der Waals surface area (Å²) >= 11 is 0. The maximum atomic E-state index is 13.5. The van der Waals surface area contributed by atoms with Gasteiger partial charge in [-0.3, -0.25) is 23.7 Å². The number of carbonyl (C=O) groups is 2. The highest BCUT2D eigenvalue weighted by molar-refractivity contribution is 7.92. The van der Waals surface area contributed by atoms with Gasteiger partial charge in [0, 0.05) is 57.6 Å². The van der Waals surface area contributed by atoms with Crippen LogP contribution in [0.3, 0.4) is 0 Å². The number of hydrogen-bond donors (Lipinski definition) is 0. The highest BCUT2D eigenvalue weighted by Gasteiger charge is 2.35. The summed E-state index contributed by atoms with van der Waals surface area (Å²) in [4.78, 5) is 31.9. The maximum Gasteiger partial charge on any atom is 0.327 e. The second-order valence-corrected chi connectivity index (χ2v) is 18.3. The van der Waals surface area contributed by atoms with Gasteiger partial charge in [0.2, 0.25) is 0 Å². The predicted molar refractivity (Wildman–Crippen MR) is 246 cm³/mol. The number of esters is 2. The molecule has 0 amide bonds. The van der Waals surface area contributed by atoms with E-state index >= 15 is 0 Å². The Labute approximate surface area is 370 Å². The molecule has 63 heavy (non-hydrogen) atoms. The van der Waals surface area contributed by atoms with Crippen LogP contribution in [0, 0.1) is 11.7 Å². The van der Waals surface area contributed by atoms with Crippen LogP contribution in [0.2, 0.25) is 0 Å². The average Bonchev–Trinajstić information content (AvgIpc) is 3.27. The first kappa shape index (κ1) is 44.7. The van der Waals surface area contributed by atoms with Crippen LogP contribution in [-0.2, 0) is 44.0 Å². The second kappa shape index (κ2) is 19.8. The minimum atomic E-state index is -3.77. The number of ether oxygens (including phenoxy) is 2. The quantitative estimate of drug-likeness (QED) is 0.0657. The molecular formula is C51H53FN4O6S. The second-order valence-electron chi connectivity index (χ2n) is 16.3. The van der Waals surface area contributed by atoms with Crippen molar-refractivity contribution in [2.24, 2.45) is 5.92 Å². The SMILES string of the molecule is COc1cccc(N(C)S(=O)(=O)c2ccc(-c3ccc(CN4CC(C(=O)OC(=O)CN(C)Cc5ccc(-c6ccc(CN(c7ccc(F)cc7)C(C)C)cc6)cc5)C4)cc3)cc2)c1. The molecule has 10 nitrogen and oxygen atoms in total. The Morgan fingerprint density at radius 3 is 1.76 bits per heavy atom. The van der Waals surface area contributed by atoms with Crippen molar-refractivity contribution in [3.63, 3.8) is 0 Å². The Kier molecular flexibility index (Phi) is 14.0. The normalized spacial score (nSPS) is 13.1. The number of carbonyl (C=O) groups excluding carboxylic acids is 2. The third-order valence-electron chi connectivity index (χ3n) is 11.4. The van der Waals surface area contributed by atoms with Crippen molar-refractivity contribution >= 4 is 33.3 Å². The number of sulfonamides is 1. The summed E-state index contributed by atoms with van der Waals surface area (Å²) in [5, 5.41) is 0. The number of rotatable bonds is 17. The summed E-state index contributed by atoms with van der Waals surface area (Å²) in [5.41, 5.74) is 8.76. The first-order valence-electron chi connectivity index (χ1n) is 20.9. The van der Waals surface area contributed by atoms with Crippen LogP contribution < -0.4 is 13.9 Å². The molecule has 0 radical (unpaired) electrons. The Bertz CT molecular complexity index is 2600. The summed E-state index contributed by atoms with van der Waals surface area (Å²) < 4.78 is 51.9. The average molecular weight is 869 g/mol. The Balaban J connectivity index is 0.823. The lowest BCUT2D eigenvalue weighted by Crippen LogP contribution is -2.50. The number of hydrogen-bond acceptors (Lipinski definition) is 9. The summed E-state index contributed by atoms with van der Waals surface area (Å²) in [6, 6.07) is 45.3. The van der Waals surface area contributed by atoms with Gasteiger partial charge >= 0.3 is 11.9 Å². The number of anilines is 2. The molecule has 12 heteroatoms. The van der Waals surface area contributed by atoms with Crippen molar-refractivity contribution in [2.45, 2.75) is 44.4 Å². The molecule has 6 aromatic carbocycles. The fourth-order valence-corrected chi connectivity index (χ4v) is 8.84. The van der Waals surface area contributed by atoms with Crippen molar-refractivity contribution in [1.82, 2.24) is 9.80 Å². The summed E-state index contributed by atoms with van der Waals surface area (Å²) in [6.45, 7) is 7.13. The molecule has 0 unspecified atom stereocenters. The fraction of sp³-hybridized carbons (Fsp3) is 0.255. The molecule has 0 aromatic heterocycles. The van der Waals surface area contributed by atoms with Gasteiger partial charge in [-0.2, -0.15) is 0 Å². The largest absolute Gasteiger partial charge is 0.497 e. The monoisotopic (exact) mass is 868 g/mol. The van der Waals surface area contributed by atoms with Gasteiger partial charge in [0.05, 0.1) is 30.2 Å². The number of likely N-dealkylation sites (tertiary alicyclic amines) is 1. The van der Waals surface area contributed by atoms with Crippen molar-refractivity contribution in [3.05, 3.63) is 168 Å². The van der Waals surface area contributed by atoms with E-state index in [-0.39, 0.29) is 29.2 Å². The van der Waals surface area contributed by atoms with Crippen LogP contribution in [0.5, 0.6) is 5.75 Å². The number of likely N-dealkylation sites (N-methyl/N-ethyl adjacent to an activating group) is 1. The van der Waals surface area contributed by atoms with E-state index in [1.165, 1.54) is 30.6 Å². The minimum absolute atomic E-state index is 0.0119. The molecule has 1 heterocycles. The number of benzene rings is 6. The molecule has 1 aliphatic heterocycles. The van der Waals surface area contributed by atoms with Gasteiger partial charge in [0.15, 0.2) is 0 Å². The van der Waals surface area contributed by atoms with Crippen LogP contribution in [0.4, 0.5) is 15.8 Å². The van der Waals surface area contributed by atoms with Crippen LogP contribution in [0.15, 0.2) is 150 Å². The third kappa shape index (κ3) is 11.2. The van der Waals surface area contributed by atoms with Crippen LogP contribution in [0.25, 0.3) is 22.3 Å². The first-order chi connectivity index (χ1) is 30.2. The van der Waals surface area contributed by atoms with Crippen LogP contribution >= 0.6 is 0 Å². The Morgan fingerprint density at radius 1 is 0.698 bits per heavy atom. The van der Waals surface area contributed by atoms with Gasteiger partial charge in [0.1, 0.15) is 11.6 Å². The lowest BCUT2D eigenvalue weighted by atomic mass is 9.98. The molecule has 1 fully saturated rings. The van der Waals surface area contributed by atoms with Crippen molar-refractivity contribution in [3.8, 4) is 28.0 Å². The van der Waals surface area contributed by atoms with Gasteiger partial charge in [-0.25, -0.2) is 12.8 Å². The van der Waals surface area contributed by atoms with Crippen molar-refractivity contribution < 1.29 is 31.9 Å². The van der Waals surface area contributed by atoms with E-state index in [1.54, 1.807) is 48.5 Å². The molecule has 0 bridgehead atoms. The topological polar surface area (TPSA) is 99.7 Å². The van der Waals surface area contributed by atoms with Gasteiger partial charge in [-0.05, 0) is 108 Å². The van der Waals surface area contributed by atoms with Gasteiger partial charge in [-0.15, -0.1) is 0 Å². The predicted octanol–water partition coefficient (Wildman–Crippen LogP) is 9.04. The van der Waals surface area contributed by atoms with E-state index in [2.05, 4.69) is 60.0 Å². The molecule has 0 saturated carbocycles. The molecular weight excluding hydrogens is 816 g/mol. The lowest BCUT2D eigenvalue weighted by Gasteiger charge is -2.37. The van der Waals surface area contributed by atoms with Gasteiger partial charge in [-0.1, -0.05) is 91.0 Å². The van der Waals surface area contributed by atoms with E-state index in [4.69, 9.17) is 9.47 Å². The molecule has 7 rings (SSSR count). The van der Waals surface area contributed by atoms with E-state index in [1.807, 2.05) is 60.5 Å². The molecule has 0 atom stereocenters. The zero-order chi connectivity index (χ0) is 44.7.